The first-order valence-corrected chi connectivity index (χ1v) is 11.4. The maximum absolute atomic E-state index is 12.5. The fourth-order valence-corrected chi connectivity index (χ4v) is 4.78. The quantitative estimate of drug-likeness (QED) is 0.687. The number of imidazole rings is 1. The molecular weight excluding hydrogens is 376 g/mol. The maximum atomic E-state index is 12.5. The third kappa shape index (κ3) is 4.62. The predicted octanol–water partition coefficient (Wildman–Crippen LogP) is 1.76. The van der Waals surface area contributed by atoms with Crippen LogP contribution in [0.3, 0.4) is 0 Å². The van der Waals surface area contributed by atoms with Gasteiger partial charge in [-0.2, -0.15) is 0 Å². The summed E-state index contributed by atoms with van der Waals surface area (Å²) < 4.78 is 26.8. The second-order valence-electron chi connectivity index (χ2n) is 7.21. The molecule has 0 unspecified atom stereocenters. The number of aromatic nitrogens is 2. The van der Waals surface area contributed by atoms with Gasteiger partial charge in [-0.05, 0) is 37.8 Å². The van der Waals surface area contributed by atoms with Crippen molar-refractivity contribution in [3.05, 3.63) is 47.8 Å². The van der Waals surface area contributed by atoms with E-state index in [9.17, 15) is 13.2 Å². The average molecular weight is 405 g/mol. The Hall–Kier alpha value is -2.19. The molecule has 1 saturated heterocycles. The molecule has 0 spiro atoms. The van der Waals surface area contributed by atoms with Gasteiger partial charge in [0.2, 0.25) is 20.9 Å². The number of rotatable bonds is 9. The highest BCUT2D eigenvalue weighted by Gasteiger charge is 2.30. The minimum absolute atomic E-state index is 0.00969. The molecule has 0 bridgehead atoms. The molecule has 28 heavy (non-hydrogen) atoms. The molecule has 0 saturated carbocycles. The van der Waals surface area contributed by atoms with Gasteiger partial charge in [0, 0.05) is 13.1 Å². The highest BCUT2D eigenvalue weighted by Crippen LogP contribution is 2.22. The van der Waals surface area contributed by atoms with Crippen LogP contribution in [0.25, 0.3) is 0 Å². The van der Waals surface area contributed by atoms with E-state index in [1.54, 1.807) is 17.7 Å². The first-order valence-electron chi connectivity index (χ1n) is 9.77. The number of hydrogen-bond acceptors (Lipinski definition) is 5. The molecular formula is C20H28N4O3S. The topological polar surface area (TPSA) is 98.3 Å². The van der Waals surface area contributed by atoms with Gasteiger partial charge < -0.3 is 10.3 Å². The number of primary amides is 1. The van der Waals surface area contributed by atoms with Crippen LogP contribution in [0.1, 0.15) is 37.4 Å². The number of amides is 1. The number of hydrogen-bond donors (Lipinski definition) is 1. The van der Waals surface area contributed by atoms with Crippen LogP contribution in [0.15, 0.2) is 41.7 Å². The van der Waals surface area contributed by atoms with Gasteiger partial charge in [0.05, 0.1) is 23.7 Å². The number of nitrogens with zero attached hydrogens (tertiary/aromatic N) is 3. The maximum Gasteiger partial charge on any atom is 0.234 e. The van der Waals surface area contributed by atoms with Crippen LogP contribution in [0.2, 0.25) is 0 Å². The van der Waals surface area contributed by atoms with Gasteiger partial charge in [-0.3, -0.25) is 9.69 Å². The van der Waals surface area contributed by atoms with E-state index >= 15 is 0 Å². The van der Waals surface area contributed by atoms with E-state index in [1.165, 1.54) is 5.56 Å². The molecule has 1 fully saturated rings. The molecule has 7 nitrogen and oxygen atoms in total. The molecule has 3 rings (SSSR count). The molecule has 1 aromatic carbocycles. The standard InChI is InChI=1S/C20H28N4O3S/c1-2-28(26,27)20-22-14-17(15-23-12-7-11-18(23)19(21)25)24(20)13-6-10-16-8-4-3-5-9-16/h3-5,8-9,14,18H,2,6-7,10-13,15H2,1H3,(H2,21,25)/t18-/m0/s1. The van der Waals surface area contributed by atoms with E-state index in [0.717, 1.165) is 37.9 Å². The highest BCUT2D eigenvalue weighted by atomic mass is 32.2. The number of aryl methyl sites for hydroxylation is 1. The first-order chi connectivity index (χ1) is 13.4. The van der Waals surface area contributed by atoms with E-state index in [4.69, 9.17) is 5.73 Å². The zero-order valence-corrected chi connectivity index (χ0v) is 17.1. The Morgan fingerprint density at radius 2 is 2.04 bits per heavy atom. The van der Waals surface area contributed by atoms with Gasteiger partial charge in [-0.15, -0.1) is 0 Å². The normalized spacial score (nSPS) is 17.8. The minimum Gasteiger partial charge on any atom is -0.368 e. The number of nitrogens with two attached hydrogens (primary N) is 1. The molecule has 8 heteroatoms. The molecule has 0 radical (unpaired) electrons. The SMILES string of the molecule is CCS(=O)(=O)c1ncc(CN2CCC[C@H]2C(N)=O)n1CCCc1ccccc1. The molecule has 0 aliphatic carbocycles. The summed E-state index contributed by atoms with van der Waals surface area (Å²) in [6.07, 6.45) is 4.95. The highest BCUT2D eigenvalue weighted by molar-refractivity contribution is 7.91. The summed E-state index contributed by atoms with van der Waals surface area (Å²) in [6, 6.07) is 9.83. The molecule has 1 atom stereocenters. The summed E-state index contributed by atoms with van der Waals surface area (Å²) in [5, 5.41) is 0.118. The Morgan fingerprint density at radius 1 is 1.29 bits per heavy atom. The van der Waals surface area contributed by atoms with Crippen LogP contribution in [0.4, 0.5) is 0 Å². The van der Waals surface area contributed by atoms with Crippen molar-refractivity contribution in [3.63, 3.8) is 0 Å². The van der Waals surface area contributed by atoms with Crippen molar-refractivity contribution in [2.45, 2.75) is 56.9 Å². The Labute approximate surface area is 166 Å². The zero-order chi connectivity index (χ0) is 20.1. The molecule has 152 valence electrons. The molecule has 1 aromatic heterocycles. The van der Waals surface area contributed by atoms with Crippen molar-refractivity contribution in [3.8, 4) is 0 Å². The molecule has 1 aliphatic rings. The predicted molar refractivity (Wildman–Crippen MR) is 107 cm³/mol. The molecule has 1 amide bonds. The van der Waals surface area contributed by atoms with Crippen LogP contribution in [-0.2, 0) is 34.1 Å². The Kier molecular flexibility index (Phi) is 6.51. The van der Waals surface area contributed by atoms with Crippen molar-refractivity contribution in [2.75, 3.05) is 12.3 Å². The summed E-state index contributed by atoms with van der Waals surface area (Å²) in [6.45, 7) is 3.44. The van der Waals surface area contributed by atoms with E-state index in [1.807, 2.05) is 23.1 Å². The second-order valence-corrected chi connectivity index (χ2v) is 9.38. The largest absolute Gasteiger partial charge is 0.368 e. The molecule has 2 heterocycles. The van der Waals surface area contributed by atoms with Gasteiger partial charge in [-0.1, -0.05) is 37.3 Å². The van der Waals surface area contributed by atoms with Crippen molar-refractivity contribution in [2.24, 2.45) is 5.73 Å². The van der Waals surface area contributed by atoms with Gasteiger partial charge in [0.25, 0.3) is 0 Å². The first kappa shape index (κ1) is 20.5. The molecule has 1 aliphatic heterocycles. The lowest BCUT2D eigenvalue weighted by Crippen LogP contribution is -2.40. The monoisotopic (exact) mass is 404 g/mol. The van der Waals surface area contributed by atoms with Gasteiger partial charge in [0.1, 0.15) is 0 Å². The van der Waals surface area contributed by atoms with Gasteiger partial charge in [-0.25, -0.2) is 13.4 Å². The van der Waals surface area contributed by atoms with Crippen LogP contribution in [-0.4, -0.2) is 47.1 Å². The van der Waals surface area contributed by atoms with E-state index in [2.05, 4.69) is 17.1 Å². The van der Waals surface area contributed by atoms with Crippen molar-refractivity contribution < 1.29 is 13.2 Å². The van der Waals surface area contributed by atoms with Crippen molar-refractivity contribution in [1.82, 2.24) is 14.5 Å². The van der Waals surface area contributed by atoms with Crippen LogP contribution < -0.4 is 5.73 Å². The van der Waals surface area contributed by atoms with E-state index in [-0.39, 0.29) is 22.9 Å². The number of benzene rings is 1. The lowest BCUT2D eigenvalue weighted by Gasteiger charge is -2.22. The average Bonchev–Trinajstić information content (AvgIpc) is 3.31. The Morgan fingerprint density at radius 3 is 2.71 bits per heavy atom. The van der Waals surface area contributed by atoms with E-state index < -0.39 is 9.84 Å². The Bertz CT molecular complexity index is 909. The van der Waals surface area contributed by atoms with E-state index in [0.29, 0.717) is 13.1 Å². The Balaban J connectivity index is 1.80. The summed E-state index contributed by atoms with van der Waals surface area (Å²) in [4.78, 5) is 17.9. The third-order valence-corrected chi connectivity index (χ3v) is 6.95. The van der Waals surface area contributed by atoms with Crippen molar-refractivity contribution in [1.29, 1.82) is 0 Å². The van der Waals surface area contributed by atoms with Gasteiger partial charge >= 0.3 is 0 Å². The third-order valence-electron chi connectivity index (χ3n) is 5.31. The fourth-order valence-electron chi connectivity index (χ4n) is 3.77. The smallest absolute Gasteiger partial charge is 0.234 e. The minimum atomic E-state index is -3.42. The summed E-state index contributed by atoms with van der Waals surface area (Å²) in [5.41, 5.74) is 7.55. The summed E-state index contributed by atoms with van der Waals surface area (Å²) in [7, 11) is -3.42. The van der Waals surface area contributed by atoms with Crippen LogP contribution in [0.5, 0.6) is 0 Å². The number of likely N-dealkylation sites (tertiary alicyclic amines) is 1. The van der Waals surface area contributed by atoms with Gasteiger partial charge in [0.15, 0.2) is 0 Å². The summed E-state index contributed by atoms with van der Waals surface area (Å²) >= 11 is 0. The lowest BCUT2D eigenvalue weighted by atomic mass is 10.1. The van der Waals surface area contributed by atoms with Crippen molar-refractivity contribution >= 4 is 15.7 Å². The molecule has 2 aromatic rings. The summed E-state index contributed by atoms with van der Waals surface area (Å²) in [5.74, 6) is -0.315. The lowest BCUT2D eigenvalue weighted by molar-refractivity contribution is -0.122. The molecule has 2 N–H and O–H groups in total. The van der Waals surface area contributed by atoms with Crippen LogP contribution in [0, 0.1) is 0 Å². The second kappa shape index (κ2) is 8.87. The number of carbonyl (C=O) groups is 1. The number of sulfone groups is 1. The fraction of sp³-hybridized carbons (Fsp3) is 0.500. The van der Waals surface area contributed by atoms with Crippen LogP contribution >= 0.6 is 0 Å². The number of carbonyl (C=O) groups excluding carboxylic acids is 1. The zero-order valence-electron chi connectivity index (χ0n) is 16.3.